The molecule has 4 atom stereocenters. The van der Waals surface area contributed by atoms with E-state index in [1.54, 1.807) is 27.6 Å². The predicted octanol–water partition coefficient (Wildman–Crippen LogP) is 7.60. The number of alkyl carbamates (subject to hydrolysis) is 1. The monoisotopic (exact) mass is 758 g/mol. The average molecular weight is 759 g/mol. The summed E-state index contributed by atoms with van der Waals surface area (Å²) in [5.74, 6) is -0.579. The van der Waals surface area contributed by atoms with Gasteiger partial charge >= 0.3 is 12.2 Å². The van der Waals surface area contributed by atoms with Crippen molar-refractivity contribution in [3.05, 3.63) is 70.9 Å². The van der Waals surface area contributed by atoms with Crippen LogP contribution in [-0.4, -0.2) is 81.2 Å². The summed E-state index contributed by atoms with van der Waals surface area (Å²) in [6.45, 7) is 8.70. The Morgan fingerprint density at radius 2 is 1.09 bits per heavy atom. The molecule has 0 spiro atoms. The number of carboxylic acid groups (broad SMARTS) is 1. The number of nitrogens with one attached hydrogen (secondary N) is 2. The number of likely N-dealkylation sites (tertiary alicyclic amines) is 2. The Hall–Kier alpha value is -4.82. The van der Waals surface area contributed by atoms with Gasteiger partial charge in [-0.1, -0.05) is 76.2 Å². The summed E-state index contributed by atoms with van der Waals surface area (Å²) < 4.78 is 4.76. The molecule has 6 rings (SSSR count). The molecule has 2 aliphatic rings. The van der Waals surface area contributed by atoms with E-state index in [9.17, 15) is 24.3 Å². The molecule has 280 valence electrons. The zero-order valence-corrected chi connectivity index (χ0v) is 32.2. The lowest BCUT2D eigenvalue weighted by Gasteiger charge is -2.29. The van der Waals surface area contributed by atoms with Crippen molar-refractivity contribution in [3.8, 4) is 32.0 Å². The van der Waals surface area contributed by atoms with Gasteiger partial charge in [0.15, 0.2) is 0 Å². The maximum atomic E-state index is 13.5. The van der Waals surface area contributed by atoms with E-state index in [-0.39, 0.29) is 35.7 Å². The second-order valence-electron chi connectivity index (χ2n) is 14.2. The Bertz CT molecular complexity index is 1920. The lowest BCUT2D eigenvalue weighted by Crippen LogP contribution is -2.51. The minimum absolute atomic E-state index is 0.0913. The number of rotatable bonds is 11. The van der Waals surface area contributed by atoms with Crippen molar-refractivity contribution in [1.82, 2.24) is 30.4 Å². The first-order valence-corrected chi connectivity index (χ1v) is 19.7. The summed E-state index contributed by atoms with van der Waals surface area (Å²) in [6, 6.07) is 15.0. The van der Waals surface area contributed by atoms with Gasteiger partial charge in [0.25, 0.3) is 0 Å². The number of hydrogen-bond acceptors (Lipinski definition) is 9. The Morgan fingerprint density at radius 1 is 0.698 bits per heavy atom. The maximum absolute atomic E-state index is 13.5. The minimum Gasteiger partial charge on any atom is -0.465 e. The van der Waals surface area contributed by atoms with Crippen LogP contribution in [0, 0.1) is 11.8 Å². The van der Waals surface area contributed by atoms with Crippen molar-refractivity contribution < 1.29 is 29.0 Å². The van der Waals surface area contributed by atoms with Crippen molar-refractivity contribution in [1.29, 1.82) is 0 Å². The summed E-state index contributed by atoms with van der Waals surface area (Å²) in [6.07, 6.45) is 5.24. The highest BCUT2D eigenvalue weighted by atomic mass is 32.1. The lowest BCUT2D eigenvalue weighted by atomic mass is 10.0. The number of carbonyl (C=O) groups is 4. The standard InChI is InChI=1S/C39H46N6O6S2/c1-22(2)32(42-38(48)49)36(46)44-18-6-8-28(44)34-40-20-30(52-34)26-14-10-24(11-15-26)25-12-16-27(17-13-25)31-21-41-35(53-31)29-9-7-19-45(29)37(47)33(23(3)4)43-39(50)51-5/h10-17,20-23,28-29,32-33,42H,6-9,18-19H2,1-5H3,(H,43,50)(H,48,49). The van der Waals surface area contributed by atoms with Gasteiger partial charge in [0.1, 0.15) is 22.1 Å². The first kappa shape index (κ1) is 37.9. The molecule has 2 fully saturated rings. The smallest absolute Gasteiger partial charge is 0.407 e. The number of nitrogens with zero attached hydrogens (tertiary/aromatic N) is 4. The molecule has 0 bridgehead atoms. The normalized spacial score (nSPS) is 18.3. The van der Waals surface area contributed by atoms with Crippen LogP contribution in [0.5, 0.6) is 0 Å². The van der Waals surface area contributed by atoms with Crippen LogP contribution < -0.4 is 10.6 Å². The SMILES string of the molecule is COC(=O)NC(C(=O)N1CCCC1c1ncc(-c2ccc(-c3ccc(-c4cnc(C5CCCN5C(=O)C(NC(=O)O)C(C)C)s4)cc3)cc2)s1)C(C)C. The van der Waals surface area contributed by atoms with Gasteiger partial charge in [-0.15, -0.1) is 22.7 Å². The number of ether oxygens (including phenoxy) is 1. The Balaban J connectivity index is 1.11. The zero-order valence-electron chi connectivity index (χ0n) is 30.6. The van der Waals surface area contributed by atoms with Gasteiger partial charge in [-0.3, -0.25) is 9.59 Å². The van der Waals surface area contributed by atoms with Crippen molar-refractivity contribution in [3.63, 3.8) is 0 Å². The van der Waals surface area contributed by atoms with Crippen LogP contribution in [0.2, 0.25) is 0 Å². The van der Waals surface area contributed by atoms with Gasteiger partial charge in [0.2, 0.25) is 11.8 Å². The molecule has 0 aliphatic carbocycles. The molecule has 12 nitrogen and oxygen atoms in total. The van der Waals surface area contributed by atoms with E-state index in [2.05, 4.69) is 59.2 Å². The van der Waals surface area contributed by atoms with Crippen LogP contribution in [0.1, 0.15) is 75.5 Å². The third-order valence-corrected chi connectivity index (χ3v) is 12.3. The second kappa shape index (κ2) is 16.5. The molecule has 14 heteroatoms. The molecule has 2 aliphatic heterocycles. The number of aromatic nitrogens is 2. The van der Waals surface area contributed by atoms with E-state index in [0.29, 0.717) is 13.1 Å². The first-order valence-electron chi connectivity index (χ1n) is 18.0. The van der Waals surface area contributed by atoms with Crippen molar-refractivity contribution in [2.75, 3.05) is 20.2 Å². The molecule has 0 saturated carbocycles. The molecule has 2 saturated heterocycles. The molecule has 4 amide bonds. The summed E-state index contributed by atoms with van der Waals surface area (Å²) in [7, 11) is 1.29. The van der Waals surface area contributed by atoms with Crippen molar-refractivity contribution in [2.45, 2.75) is 77.5 Å². The van der Waals surface area contributed by atoms with E-state index in [1.807, 2.05) is 45.0 Å². The Morgan fingerprint density at radius 3 is 1.47 bits per heavy atom. The van der Waals surface area contributed by atoms with Crippen LogP contribution >= 0.6 is 22.7 Å². The van der Waals surface area contributed by atoms with Crippen molar-refractivity contribution >= 4 is 46.7 Å². The largest absolute Gasteiger partial charge is 0.465 e. The highest BCUT2D eigenvalue weighted by Gasteiger charge is 2.39. The number of amides is 4. The molecule has 0 radical (unpaired) electrons. The third-order valence-electron chi connectivity index (χ3n) is 9.96. The first-order chi connectivity index (χ1) is 25.4. The molecule has 53 heavy (non-hydrogen) atoms. The molecule has 4 aromatic rings. The number of thiazole rings is 2. The minimum atomic E-state index is -1.20. The van der Waals surface area contributed by atoms with E-state index in [1.165, 1.54) is 7.11 Å². The molecule has 4 unspecified atom stereocenters. The van der Waals surface area contributed by atoms with Gasteiger partial charge in [-0.25, -0.2) is 19.6 Å². The van der Waals surface area contributed by atoms with Gasteiger partial charge < -0.3 is 30.3 Å². The second-order valence-corrected chi connectivity index (χ2v) is 16.3. The summed E-state index contributed by atoms with van der Waals surface area (Å²) in [5, 5.41) is 16.1. The van der Waals surface area contributed by atoms with Crippen LogP contribution in [-0.2, 0) is 14.3 Å². The van der Waals surface area contributed by atoms with Crippen LogP contribution in [0.15, 0.2) is 60.9 Å². The molecule has 2 aromatic heterocycles. The summed E-state index contributed by atoms with van der Waals surface area (Å²) >= 11 is 3.16. The number of benzene rings is 2. The quantitative estimate of drug-likeness (QED) is 0.141. The fourth-order valence-corrected chi connectivity index (χ4v) is 9.22. The van der Waals surface area contributed by atoms with Crippen molar-refractivity contribution in [2.24, 2.45) is 11.8 Å². The van der Waals surface area contributed by atoms with Crippen LogP contribution in [0.3, 0.4) is 0 Å². The molecular weight excluding hydrogens is 713 g/mol. The molecule has 2 aromatic carbocycles. The highest BCUT2D eigenvalue weighted by molar-refractivity contribution is 7.15. The summed E-state index contributed by atoms with van der Waals surface area (Å²) in [5.41, 5.74) is 4.24. The maximum Gasteiger partial charge on any atom is 0.407 e. The van der Waals surface area contributed by atoms with E-state index in [0.717, 1.165) is 67.7 Å². The van der Waals surface area contributed by atoms with Gasteiger partial charge in [0, 0.05) is 25.5 Å². The fraction of sp³-hybridized carbons (Fsp3) is 0.436. The number of carbonyl (C=O) groups excluding carboxylic acids is 3. The van der Waals surface area contributed by atoms with E-state index < -0.39 is 24.3 Å². The van der Waals surface area contributed by atoms with Gasteiger partial charge in [-0.2, -0.15) is 0 Å². The van der Waals surface area contributed by atoms with Crippen LogP contribution in [0.25, 0.3) is 32.0 Å². The summed E-state index contributed by atoms with van der Waals surface area (Å²) in [4.78, 5) is 65.3. The molecule has 3 N–H and O–H groups in total. The third kappa shape index (κ3) is 8.38. The van der Waals surface area contributed by atoms with E-state index in [4.69, 9.17) is 14.7 Å². The Labute approximate surface area is 317 Å². The van der Waals surface area contributed by atoms with Gasteiger partial charge in [0.05, 0.1) is 28.9 Å². The average Bonchev–Trinajstić information content (AvgIpc) is 3.98. The van der Waals surface area contributed by atoms with Crippen LogP contribution in [0.4, 0.5) is 9.59 Å². The van der Waals surface area contributed by atoms with E-state index >= 15 is 0 Å². The fourth-order valence-electron chi connectivity index (χ4n) is 7.08. The topological polar surface area (TPSA) is 154 Å². The predicted molar refractivity (Wildman–Crippen MR) is 205 cm³/mol. The number of methoxy groups -OCH3 is 1. The Kier molecular flexibility index (Phi) is 11.8. The molecular formula is C39H46N6O6S2. The lowest BCUT2D eigenvalue weighted by molar-refractivity contribution is -0.136. The number of hydrogen-bond donors (Lipinski definition) is 3. The highest BCUT2D eigenvalue weighted by Crippen LogP contribution is 2.40. The zero-order chi connectivity index (χ0) is 37.8. The molecule has 4 heterocycles. The van der Waals surface area contributed by atoms with Gasteiger partial charge in [-0.05, 0) is 59.8 Å².